The second-order valence-corrected chi connectivity index (χ2v) is 12.6. The van der Waals surface area contributed by atoms with E-state index in [9.17, 15) is 29.1 Å². The summed E-state index contributed by atoms with van der Waals surface area (Å²) in [5.41, 5.74) is 1.64. The monoisotopic (exact) mass is 701 g/mol. The number of phenolic OH excluding ortho intramolecular Hbond substituents is 1. The SMILES string of the molecule is CC(C)[C@H]1NC(=O)[C@H](Cc2ccc(O)cc2)NC(=O)C[C@@H](C(=O)NCCc2ccc3c(c2)OCCO3)NC(=O)c2ccccc2OCCNC1=O. The summed E-state index contributed by atoms with van der Waals surface area (Å²) in [6, 6.07) is 14.7. The van der Waals surface area contributed by atoms with Crippen molar-refractivity contribution in [3.05, 3.63) is 83.4 Å². The van der Waals surface area contributed by atoms with Crippen LogP contribution in [0, 0.1) is 5.92 Å². The molecule has 3 aromatic rings. The number of hydrogen-bond acceptors (Lipinski definition) is 9. The molecule has 0 radical (unpaired) electrons. The first-order valence-corrected chi connectivity index (χ1v) is 16.9. The van der Waals surface area contributed by atoms with E-state index in [1.54, 1.807) is 50.2 Å². The van der Waals surface area contributed by atoms with Gasteiger partial charge in [0.25, 0.3) is 5.91 Å². The lowest BCUT2D eigenvalue weighted by Gasteiger charge is -2.26. The molecule has 51 heavy (non-hydrogen) atoms. The van der Waals surface area contributed by atoms with Gasteiger partial charge in [0, 0.05) is 13.0 Å². The molecule has 5 amide bonds. The van der Waals surface area contributed by atoms with E-state index >= 15 is 0 Å². The highest BCUT2D eigenvalue weighted by molar-refractivity contribution is 6.01. The first kappa shape index (κ1) is 36.5. The number of fused-ring (bicyclic) bond motifs is 2. The molecular weight excluding hydrogens is 658 g/mol. The fraction of sp³-hybridized carbons (Fsp3) is 0.378. The van der Waals surface area contributed by atoms with Crippen molar-refractivity contribution in [3.8, 4) is 23.0 Å². The van der Waals surface area contributed by atoms with Crippen LogP contribution in [0.5, 0.6) is 23.0 Å². The third kappa shape index (κ3) is 10.1. The average Bonchev–Trinajstić information content (AvgIpc) is 3.12. The summed E-state index contributed by atoms with van der Waals surface area (Å²) in [5, 5.41) is 23.5. The van der Waals surface area contributed by atoms with E-state index in [1.165, 1.54) is 18.2 Å². The predicted octanol–water partition coefficient (Wildman–Crippen LogP) is 1.39. The third-order valence-electron chi connectivity index (χ3n) is 8.40. The highest BCUT2D eigenvalue weighted by atomic mass is 16.6. The molecule has 5 rings (SSSR count). The van der Waals surface area contributed by atoms with Gasteiger partial charge >= 0.3 is 0 Å². The van der Waals surface area contributed by atoms with Crippen molar-refractivity contribution in [1.82, 2.24) is 26.6 Å². The van der Waals surface area contributed by atoms with Crippen molar-refractivity contribution in [1.29, 1.82) is 0 Å². The minimum atomic E-state index is -1.33. The van der Waals surface area contributed by atoms with Crippen molar-refractivity contribution < 1.29 is 43.3 Å². The molecule has 2 aliphatic rings. The van der Waals surface area contributed by atoms with Crippen LogP contribution in [0.25, 0.3) is 0 Å². The number of hydrogen-bond donors (Lipinski definition) is 6. The topological polar surface area (TPSA) is 193 Å². The normalized spacial score (nSPS) is 20.0. The van der Waals surface area contributed by atoms with Crippen molar-refractivity contribution in [2.24, 2.45) is 5.92 Å². The van der Waals surface area contributed by atoms with E-state index < -0.39 is 54.1 Å². The van der Waals surface area contributed by atoms with Gasteiger partial charge in [0.1, 0.15) is 49.4 Å². The quantitative estimate of drug-likeness (QED) is 0.211. The number of benzene rings is 3. The molecule has 14 nitrogen and oxygen atoms in total. The lowest BCUT2D eigenvalue weighted by atomic mass is 10.0. The number of amides is 5. The molecule has 0 aliphatic carbocycles. The first-order valence-electron chi connectivity index (χ1n) is 16.9. The molecule has 0 aromatic heterocycles. The summed E-state index contributed by atoms with van der Waals surface area (Å²) in [6.45, 7) is 4.75. The molecule has 0 bridgehead atoms. The molecule has 14 heteroatoms. The van der Waals surface area contributed by atoms with Gasteiger partial charge in [0.15, 0.2) is 11.5 Å². The minimum absolute atomic E-state index is 0.0160. The lowest BCUT2D eigenvalue weighted by Crippen LogP contribution is -2.57. The zero-order valence-electron chi connectivity index (χ0n) is 28.5. The second kappa shape index (κ2) is 17.2. The third-order valence-corrected chi connectivity index (χ3v) is 8.40. The van der Waals surface area contributed by atoms with Gasteiger partial charge in [-0.15, -0.1) is 0 Å². The maximum atomic E-state index is 13.7. The van der Waals surface area contributed by atoms with E-state index in [4.69, 9.17) is 14.2 Å². The van der Waals surface area contributed by atoms with Gasteiger partial charge in [0.05, 0.1) is 18.5 Å². The van der Waals surface area contributed by atoms with E-state index in [0.717, 1.165) is 5.56 Å². The summed E-state index contributed by atoms with van der Waals surface area (Å²) < 4.78 is 17.1. The summed E-state index contributed by atoms with van der Waals surface area (Å²) in [7, 11) is 0. The van der Waals surface area contributed by atoms with Crippen LogP contribution in [-0.4, -0.2) is 85.7 Å². The number of phenols is 1. The molecular formula is C37H43N5O9. The molecule has 0 saturated heterocycles. The zero-order chi connectivity index (χ0) is 36.3. The van der Waals surface area contributed by atoms with E-state index in [-0.39, 0.29) is 49.1 Å². The van der Waals surface area contributed by atoms with Crippen molar-refractivity contribution in [2.45, 2.75) is 51.2 Å². The molecule has 2 aliphatic heterocycles. The number of nitrogens with one attached hydrogen (secondary N) is 5. The lowest BCUT2D eigenvalue weighted by molar-refractivity contribution is -0.133. The van der Waals surface area contributed by atoms with Crippen LogP contribution in [0.4, 0.5) is 0 Å². The number of para-hydroxylation sites is 1. The molecule has 0 fully saturated rings. The Labute approximate surface area is 295 Å². The molecule has 3 atom stereocenters. The maximum Gasteiger partial charge on any atom is 0.255 e. The second-order valence-electron chi connectivity index (χ2n) is 12.6. The first-order chi connectivity index (χ1) is 24.6. The van der Waals surface area contributed by atoms with Crippen LogP contribution >= 0.6 is 0 Å². The molecule has 2 heterocycles. The predicted molar refractivity (Wildman–Crippen MR) is 185 cm³/mol. The maximum absolute atomic E-state index is 13.7. The number of carbonyl (C=O) groups is 5. The van der Waals surface area contributed by atoms with E-state index in [0.29, 0.717) is 36.7 Å². The molecule has 0 saturated carbocycles. The van der Waals surface area contributed by atoms with Crippen molar-refractivity contribution in [2.75, 3.05) is 32.9 Å². The van der Waals surface area contributed by atoms with Gasteiger partial charge in [-0.05, 0) is 59.9 Å². The van der Waals surface area contributed by atoms with Crippen LogP contribution in [0.1, 0.15) is 41.8 Å². The molecule has 6 N–H and O–H groups in total. The zero-order valence-corrected chi connectivity index (χ0v) is 28.5. The fourth-order valence-corrected chi connectivity index (χ4v) is 5.67. The Morgan fingerprint density at radius 1 is 0.824 bits per heavy atom. The molecule has 0 unspecified atom stereocenters. The Balaban J connectivity index is 1.38. The smallest absolute Gasteiger partial charge is 0.255 e. The van der Waals surface area contributed by atoms with Crippen LogP contribution < -0.4 is 40.8 Å². The van der Waals surface area contributed by atoms with Gasteiger partial charge in [-0.2, -0.15) is 0 Å². The van der Waals surface area contributed by atoms with Gasteiger partial charge in [-0.3, -0.25) is 24.0 Å². The Hall–Kier alpha value is -5.79. The highest BCUT2D eigenvalue weighted by Gasteiger charge is 2.31. The van der Waals surface area contributed by atoms with Gasteiger partial charge < -0.3 is 45.9 Å². The molecule has 270 valence electrons. The Morgan fingerprint density at radius 2 is 1.53 bits per heavy atom. The van der Waals surface area contributed by atoms with Crippen molar-refractivity contribution in [3.63, 3.8) is 0 Å². The van der Waals surface area contributed by atoms with Crippen LogP contribution in [0.15, 0.2) is 66.7 Å². The number of rotatable bonds is 7. The summed E-state index contributed by atoms with van der Waals surface area (Å²) >= 11 is 0. The Kier molecular flexibility index (Phi) is 12.3. The van der Waals surface area contributed by atoms with Crippen LogP contribution in [0.2, 0.25) is 0 Å². The van der Waals surface area contributed by atoms with E-state index in [2.05, 4.69) is 26.6 Å². The van der Waals surface area contributed by atoms with Crippen LogP contribution in [-0.2, 0) is 32.0 Å². The summed E-state index contributed by atoms with van der Waals surface area (Å²) in [4.78, 5) is 67.6. The highest BCUT2D eigenvalue weighted by Crippen LogP contribution is 2.30. The van der Waals surface area contributed by atoms with Gasteiger partial charge in [-0.25, -0.2) is 0 Å². The average molecular weight is 702 g/mol. The Bertz CT molecular complexity index is 1730. The van der Waals surface area contributed by atoms with Gasteiger partial charge in [-0.1, -0.05) is 44.2 Å². The number of ether oxygens (including phenoxy) is 3. The summed E-state index contributed by atoms with van der Waals surface area (Å²) in [5.74, 6) is -1.82. The summed E-state index contributed by atoms with van der Waals surface area (Å²) in [6.07, 6.45) is -0.0487. The van der Waals surface area contributed by atoms with Crippen molar-refractivity contribution >= 4 is 29.5 Å². The number of aromatic hydroxyl groups is 1. The standard InChI is InChI=1S/C37H43N5O9/c1-22(2)33-37(48)39-15-16-49-29-6-4-3-5-26(29)34(45)41-28(35(46)38-14-13-24-9-12-30-31(20-24)51-18-17-50-30)21-32(44)40-27(36(47)42-33)19-23-7-10-25(43)11-8-23/h3-12,20,22,27-28,33,43H,13-19,21H2,1-2H3,(H,38,46)(H,39,48)(H,40,44)(H,41,45)(H,42,47)/t27-,28-,33+/m0/s1. The fourth-order valence-electron chi connectivity index (χ4n) is 5.67. The molecule has 3 aromatic carbocycles. The largest absolute Gasteiger partial charge is 0.508 e. The minimum Gasteiger partial charge on any atom is -0.508 e. The Morgan fingerprint density at radius 3 is 2.29 bits per heavy atom. The van der Waals surface area contributed by atoms with E-state index in [1.807, 2.05) is 12.1 Å². The molecule has 0 spiro atoms. The van der Waals surface area contributed by atoms with Crippen LogP contribution in [0.3, 0.4) is 0 Å². The number of carbonyl (C=O) groups excluding carboxylic acids is 5. The van der Waals surface area contributed by atoms with Gasteiger partial charge in [0.2, 0.25) is 23.6 Å².